The standard InChI is InChI=1S/C15H18N2O5.C14H15ClN2O4/c1-8-4-5-22-11-7-16-6-10(9(2)18)13(19)14(21-3)12(16)15(20)17(8)11;1-7-3-4-21-10-6-16-5-9(8(2)18)13(19)11(15)12(16)14(20)17(7)10/h6,8,11H,4-5,7H2,1-3H3;5,7,10H,3-4,6H2,1-2H3/t8-,11+;7-,10+/m11/s1. The zero-order chi connectivity index (χ0) is 31.3. The number of amides is 2. The Balaban J connectivity index is 0.000000171. The second kappa shape index (κ2) is 11.7. The SMILES string of the molecule is CC(=O)c1cn2c(c(Cl)c1=O)C(=O)N1[C@H](C)CCO[C@H]1C2.COc1c2n(cc(C(C)=O)c1=O)C[C@@H]1OCC[C@@H](C)N1C2=O. The maximum absolute atomic E-state index is 12.8. The molecule has 6 rings (SSSR count). The molecule has 0 bridgehead atoms. The zero-order valence-corrected chi connectivity index (χ0v) is 25.3. The van der Waals surface area contributed by atoms with Gasteiger partial charge in [-0.3, -0.25) is 28.8 Å². The molecular weight excluding hydrogens is 584 g/mol. The molecule has 4 aliphatic rings. The van der Waals surface area contributed by atoms with Crippen molar-refractivity contribution in [2.24, 2.45) is 0 Å². The van der Waals surface area contributed by atoms with Crippen LogP contribution in [0.4, 0.5) is 0 Å². The molecule has 2 fully saturated rings. The molecule has 2 aromatic rings. The molecule has 0 N–H and O–H groups in total. The van der Waals surface area contributed by atoms with Crippen LogP contribution in [0.2, 0.25) is 5.02 Å². The number of hydrogen-bond acceptors (Lipinski definition) is 9. The highest BCUT2D eigenvalue weighted by Crippen LogP contribution is 2.30. The normalized spacial score (nSPS) is 24.1. The van der Waals surface area contributed by atoms with E-state index in [-0.39, 0.29) is 81.2 Å². The van der Waals surface area contributed by atoms with Gasteiger partial charge in [-0.25, -0.2) is 0 Å². The quantitative estimate of drug-likeness (QED) is 0.472. The molecule has 6 heterocycles. The second-order valence-electron chi connectivity index (χ2n) is 11.1. The molecule has 4 atom stereocenters. The van der Waals surface area contributed by atoms with Gasteiger partial charge in [0.15, 0.2) is 35.5 Å². The van der Waals surface area contributed by atoms with E-state index in [1.807, 2.05) is 13.8 Å². The van der Waals surface area contributed by atoms with Crippen molar-refractivity contribution in [3.8, 4) is 5.75 Å². The highest BCUT2D eigenvalue weighted by molar-refractivity contribution is 6.33. The van der Waals surface area contributed by atoms with Gasteiger partial charge in [0.05, 0.1) is 44.5 Å². The molecule has 2 amide bonds. The fourth-order valence-corrected chi connectivity index (χ4v) is 6.26. The summed E-state index contributed by atoms with van der Waals surface area (Å²) >= 11 is 6.06. The number of carbonyl (C=O) groups excluding carboxylic acids is 4. The molecule has 43 heavy (non-hydrogen) atoms. The lowest BCUT2D eigenvalue weighted by Crippen LogP contribution is -2.57. The minimum absolute atomic E-state index is 0.00569. The summed E-state index contributed by atoms with van der Waals surface area (Å²) < 4.78 is 19.6. The number of pyridine rings is 2. The minimum atomic E-state index is -0.590. The van der Waals surface area contributed by atoms with E-state index in [1.165, 1.54) is 33.4 Å². The first kappa shape index (κ1) is 30.6. The van der Waals surface area contributed by atoms with Gasteiger partial charge in [0.25, 0.3) is 11.8 Å². The summed E-state index contributed by atoms with van der Waals surface area (Å²) in [5.41, 5.74) is -0.794. The van der Waals surface area contributed by atoms with Crippen molar-refractivity contribution in [3.05, 3.63) is 60.4 Å². The van der Waals surface area contributed by atoms with Crippen LogP contribution in [0.3, 0.4) is 0 Å². The Kier molecular flexibility index (Phi) is 8.34. The van der Waals surface area contributed by atoms with Crippen LogP contribution in [0.5, 0.6) is 5.75 Å². The maximum atomic E-state index is 12.8. The summed E-state index contributed by atoms with van der Waals surface area (Å²) in [6, 6.07) is 0.0657. The van der Waals surface area contributed by atoms with Gasteiger partial charge in [-0.15, -0.1) is 0 Å². The first-order valence-corrected chi connectivity index (χ1v) is 14.4. The number of nitrogens with zero attached hydrogens (tertiary/aromatic N) is 4. The predicted molar refractivity (Wildman–Crippen MR) is 153 cm³/mol. The Labute approximate surface area is 251 Å². The monoisotopic (exact) mass is 616 g/mol. The van der Waals surface area contributed by atoms with Gasteiger partial charge in [-0.05, 0) is 40.5 Å². The van der Waals surface area contributed by atoms with Gasteiger partial charge < -0.3 is 33.1 Å². The molecule has 14 heteroatoms. The lowest BCUT2D eigenvalue weighted by Gasteiger charge is -2.44. The van der Waals surface area contributed by atoms with E-state index < -0.39 is 10.9 Å². The van der Waals surface area contributed by atoms with Crippen LogP contribution in [0.1, 0.15) is 82.2 Å². The molecular formula is C29H33ClN4O9. The van der Waals surface area contributed by atoms with E-state index in [9.17, 15) is 28.8 Å². The first-order valence-electron chi connectivity index (χ1n) is 14.0. The number of ketones is 2. The number of hydrogen-bond donors (Lipinski definition) is 0. The van der Waals surface area contributed by atoms with Crippen LogP contribution in [-0.4, -0.2) is 87.2 Å². The summed E-state index contributed by atoms with van der Waals surface area (Å²) in [5, 5.41) is -0.191. The summed E-state index contributed by atoms with van der Waals surface area (Å²) in [7, 11) is 1.33. The van der Waals surface area contributed by atoms with Crippen molar-refractivity contribution in [1.29, 1.82) is 0 Å². The van der Waals surface area contributed by atoms with E-state index in [4.69, 9.17) is 25.8 Å². The van der Waals surface area contributed by atoms with Gasteiger partial charge >= 0.3 is 0 Å². The van der Waals surface area contributed by atoms with Gasteiger partial charge in [-0.1, -0.05) is 11.6 Å². The third-order valence-corrected chi connectivity index (χ3v) is 8.62. The van der Waals surface area contributed by atoms with Gasteiger partial charge in [-0.2, -0.15) is 0 Å². The summed E-state index contributed by atoms with van der Waals surface area (Å²) in [6.45, 7) is 8.43. The van der Waals surface area contributed by atoms with Crippen LogP contribution in [0.15, 0.2) is 22.0 Å². The fourth-order valence-electron chi connectivity index (χ4n) is 5.97. The Hall–Kier alpha value is -3.81. The summed E-state index contributed by atoms with van der Waals surface area (Å²) in [4.78, 5) is 76.3. The van der Waals surface area contributed by atoms with Crippen molar-refractivity contribution in [3.63, 3.8) is 0 Å². The molecule has 0 aromatic carbocycles. The van der Waals surface area contributed by atoms with Crippen LogP contribution in [0.25, 0.3) is 0 Å². The Morgan fingerprint density at radius 1 is 0.791 bits per heavy atom. The van der Waals surface area contributed by atoms with Crippen molar-refractivity contribution in [2.75, 3.05) is 20.3 Å². The van der Waals surface area contributed by atoms with Gasteiger partial charge in [0.2, 0.25) is 10.9 Å². The molecule has 13 nitrogen and oxygen atoms in total. The number of rotatable bonds is 3. The van der Waals surface area contributed by atoms with E-state index in [0.717, 1.165) is 12.8 Å². The predicted octanol–water partition coefficient (Wildman–Crippen LogP) is 1.95. The molecule has 2 saturated heterocycles. The summed E-state index contributed by atoms with van der Waals surface area (Å²) in [5.74, 6) is -1.42. The van der Waals surface area contributed by atoms with E-state index in [1.54, 1.807) is 18.9 Å². The number of aromatic nitrogens is 2. The smallest absolute Gasteiger partial charge is 0.276 e. The Morgan fingerprint density at radius 3 is 1.70 bits per heavy atom. The number of halogens is 1. The van der Waals surface area contributed by atoms with E-state index in [2.05, 4.69) is 0 Å². The van der Waals surface area contributed by atoms with Crippen LogP contribution >= 0.6 is 11.6 Å². The van der Waals surface area contributed by atoms with E-state index >= 15 is 0 Å². The molecule has 4 aliphatic heterocycles. The van der Waals surface area contributed by atoms with Crippen molar-refractivity contribution in [1.82, 2.24) is 18.9 Å². The van der Waals surface area contributed by atoms with Gasteiger partial charge in [0.1, 0.15) is 10.7 Å². The highest BCUT2D eigenvalue weighted by atomic mass is 35.5. The number of Topliss-reactive ketones (excluding diaryl/α,β-unsaturated/α-hetero) is 2. The van der Waals surface area contributed by atoms with Crippen molar-refractivity contribution in [2.45, 2.75) is 78.2 Å². The maximum Gasteiger partial charge on any atom is 0.276 e. The molecule has 2 aromatic heterocycles. The van der Waals surface area contributed by atoms with Gasteiger partial charge in [0, 0.05) is 24.5 Å². The zero-order valence-electron chi connectivity index (χ0n) is 24.5. The molecule has 0 radical (unpaired) electrons. The topological polar surface area (TPSA) is 146 Å². The average molecular weight is 617 g/mol. The molecule has 230 valence electrons. The average Bonchev–Trinajstić information content (AvgIpc) is 2.95. The van der Waals surface area contributed by atoms with Crippen LogP contribution in [-0.2, 0) is 22.6 Å². The molecule has 0 aliphatic carbocycles. The van der Waals surface area contributed by atoms with E-state index in [0.29, 0.717) is 26.3 Å². The van der Waals surface area contributed by atoms with Crippen molar-refractivity contribution >= 4 is 35.0 Å². The number of methoxy groups -OCH3 is 1. The number of carbonyl (C=O) groups is 4. The first-order chi connectivity index (χ1) is 20.4. The lowest BCUT2D eigenvalue weighted by atomic mass is 10.1. The third kappa shape index (κ3) is 5.19. The minimum Gasteiger partial charge on any atom is -0.491 e. The Bertz CT molecular complexity index is 1650. The number of fused-ring (bicyclic) bond motifs is 4. The fraction of sp³-hybridized carbons (Fsp3) is 0.517. The largest absolute Gasteiger partial charge is 0.491 e. The Morgan fingerprint density at radius 2 is 1.23 bits per heavy atom. The summed E-state index contributed by atoms with van der Waals surface area (Å²) in [6.07, 6.45) is 3.57. The molecule has 0 saturated carbocycles. The lowest BCUT2D eigenvalue weighted by molar-refractivity contribution is -0.112. The molecule has 0 spiro atoms. The highest BCUT2D eigenvalue weighted by Gasteiger charge is 2.42. The molecule has 0 unspecified atom stereocenters. The van der Waals surface area contributed by atoms with Crippen LogP contribution in [0, 0.1) is 0 Å². The van der Waals surface area contributed by atoms with Crippen molar-refractivity contribution < 1.29 is 33.4 Å². The van der Waals surface area contributed by atoms with Crippen LogP contribution < -0.4 is 15.6 Å². The number of ether oxygens (including phenoxy) is 3. The third-order valence-electron chi connectivity index (χ3n) is 8.27. The second-order valence-corrected chi connectivity index (χ2v) is 11.4.